The molecule has 20 heavy (non-hydrogen) atoms. The minimum absolute atomic E-state index is 0.161. The lowest BCUT2D eigenvalue weighted by molar-refractivity contribution is -0.147. The summed E-state index contributed by atoms with van der Waals surface area (Å²) in [4.78, 5) is 27.2. The van der Waals surface area contributed by atoms with Gasteiger partial charge in [-0.2, -0.15) is 0 Å². The van der Waals surface area contributed by atoms with Crippen LogP contribution in [0.3, 0.4) is 0 Å². The van der Waals surface area contributed by atoms with Gasteiger partial charge in [0.15, 0.2) is 0 Å². The Hall–Kier alpha value is -1.26. The van der Waals surface area contributed by atoms with Gasteiger partial charge in [-0.3, -0.25) is 0 Å². The second kappa shape index (κ2) is 5.62. The summed E-state index contributed by atoms with van der Waals surface area (Å²) in [6.45, 7) is 13.4. The first-order chi connectivity index (χ1) is 9.01. The van der Waals surface area contributed by atoms with Crippen molar-refractivity contribution < 1.29 is 14.7 Å². The van der Waals surface area contributed by atoms with Crippen molar-refractivity contribution >= 4 is 12.0 Å². The molecule has 1 N–H and O–H groups in total. The third-order valence-electron chi connectivity index (χ3n) is 4.43. The van der Waals surface area contributed by atoms with Crippen LogP contribution in [0.25, 0.3) is 0 Å². The van der Waals surface area contributed by atoms with Crippen molar-refractivity contribution in [3.8, 4) is 0 Å². The van der Waals surface area contributed by atoms with E-state index in [1.54, 1.807) is 18.7 Å². The van der Waals surface area contributed by atoms with Crippen LogP contribution in [0, 0.1) is 11.3 Å². The fourth-order valence-corrected chi connectivity index (χ4v) is 2.70. The number of carbonyl (C=O) groups is 2. The van der Waals surface area contributed by atoms with Crippen LogP contribution in [-0.4, -0.2) is 52.1 Å². The summed E-state index contributed by atoms with van der Waals surface area (Å²) in [5.41, 5.74) is -1.000. The lowest BCUT2D eigenvalue weighted by atomic mass is 9.80. The number of carbonyl (C=O) groups excluding carboxylic acids is 1. The largest absolute Gasteiger partial charge is 0.480 e. The predicted molar refractivity (Wildman–Crippen MR) is 78.6 cm³/mol. The fourth-order valence-electron chi connectivity index (χ4n) is 2.70. The van der Waals surface area contributed by atoms with Crippen molar-refractivity contribution in [3.63, 3.8) is 0 Å². The second-order valence-corrected chi connectivity index (χ2v) is 7.19. The molecular formula is C15H28N2O3. The van der Waals surface area contributed by atoms with Crippen molar-refractivity contribution in [3.05, 3.63) is 0 Å². The quantitative estimate of drug-likeness (QED) is 0.866. The zero-order valence-corrected chi connectivity index (χ0v) is 13.6. The van der Waals surface area contributed by atoms with E-state index < -0.39 is 11.5 Å². The Bertz CT molecular complexity index is 385. The number of nitrogens with zero attached hydrogens (tertiary/aromatic N) is 2. The molecule has 0 aliphatic carbocycles. The Morgan fingerprint density at radius 2 is 1.80 bits per heavy atom. The average Bonchev–Trinajstić information content (AvgIpc) is 2.77. The minimum Gasteiger partial charge on any atom is -0.480 e. The number of carboxylic acid groups (broad SMARTS) is 1. The molecule has 1 fully saturated rings. The van der Waals surface area contributed by atoms with Gasteiger partial charge in [-0.05, 0) is 38.5 Å². The molecule has 0 aromatic heterocycles. The van der Waals surface area contributed by atoms with Crippen molar-refractivity contribution in [1.29, 1.82) is 0 Å². The maximum Gasteiger partial charge on any atom is 0.329 e. The van der Waals surface area contributed by atoms with Crippen molar-refractivity contribution in [2.24, 2.45) is 11.3 Å². The zero-order chi connectivity index (χ0) is 15.7. The number of carboxylic acids is 1. The molecule has 1 aliphatic rings. The first kappa shape index (κ1) is 16.8. The molecular weight excluding hydrogens is 256 g/mol. The van der Waals surface area contributed by atoms with Crippen LogP contribution < -0.4 is 0 Å². The van der Waals surface area contributed by atoms with E-state index in [1.807, 2.05) is 6.92 Å². The monoisotopic (exact) mass is 284 g/mol. The first-order valence-electron chi connectivity index (χ1n) is 7.31. The molecule has 1 aliphatic heterocycles. The van der Waals surface area contributed by atoms with Gasteiger partial charge in [-0.25, -0.2) is 9.59 Å². The molecule has 1 saturated heterocycles. The SMILES string of the molecule is CCN(C(=O)N1CCC(C(C)(C)C)C1)C(C)(C)C(=O)O. The summed E-state index contributed by atoms with van der Waals surface area (Å²) in [5.74, 6) is -0.502. The van der Waals surface area contributed by atoms with Crippen molar-refractivity contribution in [2.45, 2.75) is 53.5 Å². The highest BCUT2D eigenvalue weighted by molar-refractivity contribution is 5.85. The molecule has 0 radical (unpaired) electrons. The second-order valence-electron chi connectivity index (χ2n) is 7.19. The van der Waals surface area contributed by atoms with E-state index in [-0.39, 0.29) is 11.4 Å². The highest BCUT2D eigenvalue weighted by Gasteiger charge is 2.41. The number of hydrogen-bond donors (Lipinski definition) is 1. The molecule has 1 atom stereocenters. The van der Waals surface area contributed by atoms with E-state index in [2.05, 4.69) is 20.8 Å². The third-order valence-corrected chi connectivity index (χ3v) is 4.43. The van der Waals surface area contributed by atoms with Gasteiger partial charge in [-0.15, -0.1) is 0 Å². The van der Waals surface area contributed by atoms with Crippen LogP contribution in [0.2, 0.25) is 0 Å². The predicted octanol–water partition coefficient (Wildman–Crippen LogP) is 2.66. The molecule has 0 bridgehead atoms. The number of likely N-dealkylation sites (N-methyl/N-ethyl adjacent to an activating group) is 1. The topological polar surface area (TPSA) is 60.9 Å². The summed E-state index contributed by atoms with van der Waals surface area (Å²) in [5, 5.41) is 9.30. The van der Waals surface area contributed by atoms with Gasteiger partial charge in [0, 0.05) is 19.6 Å². The fraction of sp³-hybridized carbons (Fsp3) is 0.867. The lowest BCUT2D eigenvalue weighted by Gasteiger charge is -2.37. The first-order valence-corrected chi connectivity index (χ1v) is 7.31. The summed E-state index contributed by atoms with van der Waals surface area (Å²) >= 11 is 0. The number of aliphatic carboxylic acids is 1. The maximum atomic E-state index is 12.6. The van der Waals surface area contributed by atoms with Gasteiger partial charge in [0.1, 0.15) is 5.54 Å². The Labute approximate surface area is 121 Å². The molecule has 1 heterocycles. The van der Waals surface area contributed by atoms with Crippen LogP contribution >= 0.6 is 0 Å². The van der Waals surface area contributed by atoms with Gasteiger partial charge >= 0.3 is 12.0 Å². The van der Waals surface area contributed by atoms with Gasteiger partial charge < -0.3 is 14.9 Å². The lowest BCUT2D eigenvalue weighted by Crippen LogP contribution is -2.56. The zero-order valence-electron chi connectivity index (χ0n) is 13.6. The smallest absolute Gasteiger partial charge is 0.329 e. The number of amides is 2. The molecule has 0 aromatic carbocycles. The van der Waals surface area contributed by atoms with E-state index in [1.165, 1.54) is 4.90 Å². The van der Waals surface area contributed by atoms with Crippen LogP contribution in [0.4, 0.5) is 4.79 Å². The van der Waals surface area contributed by atoms with E-state index in [0.717, 1.165) is 6.42 Å². The molecule has 5 heteroatoms. The molecule has 0 spiro atoms. The minimum atomic E-state index is -1.17. The van der Waals surface area contributed by atoms with Crippen LogP contribution in [0.5, 0.6) is 0 Å². The van der Waals surface area contributed by atoms with E-state index in [9.17, 15) is 14.7 Å². The van der Waals surface area contributed by atoms with Crippen LogP contribution in [0.15, 0.2) is 0 Å². The summed E-state index contributed by atoms with van der Waals surface area (Å²) in [6.07, 6.45) is 0.986. The Kier molecular flexibility index (Phi) is 4.72. The highest BCUT2D eigenvalue weighted by atomic mass is 16.4. The highest BCUT2D eigenvalue weighted by Crippen LogP contribution is 2.34. The van der Waals surface area contributed by atoms with Gasteiger partial charge in [0.2, 0.25) is 0 Å². The van der Waals surface area contributed by atoms with Crippen LogP contribution in [0.1, 0.15) is 48.0 Å². The molecule has 2 amide bonds. The molecule has 1 unspecified atom stereocenters. The average molecular weight is 284 g/mol. The Morgan fingerprint density at radius 1 is 1.25 bits per heavy atom. The maximum absolute atomic E-state index is 12.6. The number of likely N-dealkylation sites (tertiary alicyclic amines) is 1. The number of hydrogen-bond acceptors (Lipinski definition) is 2. The van der Waals surface area contributed by atoms with Gasteiger partial charge in [0.05, 0.1) is 0 Å². The van der Waals surface area contributed by atoms with Gasteiger partial charge in [-0.1, -0.05) is 20.8 Å². The molecule has 5 nitrogen and oxygen atoms in total. The Morgan fingerprint density at radius 3 is 2.15 bits per heavy atom. The van der Waals surface area contributed by atoms with E-state index in [0.29, 0.717) is 25.6 Å². The van der Waals surface area contributed by atoms with E-state index >= 15 is 0 Å². The standard InChI is InChI=1S/C15H28N2O3/c1-7-17(15(5,6)12(18)19)13(20)16-9-8-11(10-16)14(2,3)4/h11H,7-10H2,1-6H3,(H,18,19). The number of urea groups is 1. The van der Waals surface area contributed by atoms with Crippen molar-refractivity contribution in [1.82, 2.24) is 9.80 Å². The number of rotatable bonds is 3. The normalized spacial score (nSPS) is 20.1. The molecule has 0 saturated carbocycles. The summed E-state index contributed by atoms with van der Waals surface area (Å²) in [6, 6.07) is -0.161. The summed E-state index contributed by atoms with van der Waals surface area (Å²) in [7, 11) is 0. The third kappa shape index (κ3) is 3.25. The van der Waals surface area contributed by atoms with Crippen LogP contribution in [-0.2, 0) is 4.79 Å². The molecule has 0 aromatic rings. The Balaban J connectivity index is 2.82. The summed E-state index contributed by atoms with van der Waals surface area (Å²) < 4.78 is 0. The molecule has 116 valence electrons. The van der Waals surface area contributed by atoms with Gasteiger partial charge in [0.25, 0.3) is 0 Å². The van der Waals surface area contributed by atoms with Crippen molar-refractivity contribution in [2.75, 3.05) is 19.6 Å². The molecule has 1 rings (SSSR count). The van der Waals surface area contributed by atoms with E-state index in [4.69, 9.17) is 0 Å².